The summed E-state index contributed by atoms with van der Waals surface area (Å²) in [6.45, 7) is 3.41. The zero-order valence-corrected chi connectivity index (χ0v) is 20.6. The van der Waals surface area contributed by atoms with E-state index in [9.17, 15) is 4.39 Å². The third-order valence-corrected chi connectivity index (χ3v) is 7.28. The van der Waals surface area contributed by atoms with Crippen molar-refractivity contribution in [1.82, 2.24) is 24.3 Å². The van der Waals surface area contributed by atoms with Gasteiger partial charge in [0.05, 0.1) is 36.1 Å². The highest BCUT2D eigenvalue weighted by Crippen LogP contribution is 2.43. The van der Waals surface area contributed by atoms with Gasteiger partial charge in [0, 0.05) is 43.6 Å². The molecule has 1 saturated heterocycles. The largest absolute Gasteiger partial charge is 0.479 e. The number of fused-ring (bicyclic) bond motifs is 3. The zero-order valence-electron chi connectivity index (χ0n) is 20.6. The maximum atomic E-state index is 14.6. The molecule has 0 spiro atoms. The van der Waals surface area contributed by atoms with Crippen molar-refractivity contribution >= 4 is 21.9 Å². The summed E-state index contributed by atoms with van der Waals surface area (Å²) in [7, 11) is 3.57. The highest BCUT2D eigenvalue weighted by atomic mass is 19.1. The SMILES string of the molecule is COc1nccc2c3ncc(-c4c(C)cnn4C)cc3n(C(c3cccc(F)c3)C3CCOCC3)c12. The topological polar surface area (TPSA) is 67.0 Å². The van der Waals surface area contributed by atoms with Crippen molar-refractivity contribution < 1.29 is 13.9 Å². The Kier molecular flexibility index (Phi) is 5.68. The second kappa shape index (κ2) is 9.02. The lowest BCUT2D eigenvalue weighted by Gasteiger charge is -2.33. The maximum absolute atomic E-state index is 14.6. The lowest BCUT2D eigenvalue weighted by molar-refractivity contribution is 0.0552. The van der Waals surface area contributed by atoms with Crippen molar-refractivity contribution in [1.29, 1.82) is 0 Å². The molecule has 1 fully saturated rings. The predicted octanol–water partition coefficient (Wildman–Crippen LogP) is 5.46. The number of methoxy groups -OCH3 is 1. The number of halogens is 1. The van der Waals surface area contributed by atoms with E-state index in [0.29, 0.717) is 19.1 Å². The molecule has 5 heterocycles. The molecule has 1 unspecified atom stereocenters. The summed E-state index contributed by atoms with van der Waals surface area (Å²) in [6, 6.07) is 10.9. The summed E-state index contributed by atoms with van der Waals surface area (Å²) in [5, 5.41) is 5.38. The van der Waals surface area contributed by atoms with Gasteiger partial charge in [0.15, 0.2) is 0 Å². The number of pyridine rings is 2. The van der Waals surface area contributed by atoms with Gasteiger partial charge >= 0.3 is 0 Å². The van der Waals surface area contributed by atoms with Gasteiger partial charge in [0.1, 0.15) is 11.3 Å². The molecular weight excluding hydrogens is 457 g/mol. The predicted molar refractivity (Wildman–Crippen MR) is 137 cm³/mol. The molecule has 184 valence electrons. The first-order valence-corrected chi connectivity index (χ1v) is 12.2. The molecule has 1 aliphatic rings. The molecule has 0 bridgehead atoms. The number of hydrogen-bond donors (Lipinski definition) is 0. The Morgan fingerprint density at radius 3 is 2.67 bits per heavy atom. The first kappa shape index (κ1) is 22.7. The highest BCUT2D eigenvalue weighted by molar-refractivity contribution is 6.08. The summed E-state index contributed by atoms with van der Waals surface area (Å²) in [5.41, 5.74) is 6.65. The van der Waals surface area contributed by atoms with Crippen molar-refractivity contribution in [3.63, 3.8) is 0 Å². The van der Waals surface area contributed by atoms with Gasteiger partial charge in [-0.2, -0.15) is 5.10 Å². The summed E-state index contributed by atoms with van der Waals surface area (Å²) < 4.78 is 30.2. The van der Waals surface area contributed by atoms with Gasteiger partial charge in [-0.25, -0.2) is 9.37 Å². The van der Waals surface area contributed by atoms with Gasteiger partial charge in [0.2, 0.25) is 5.88 Å². The molecule has 5 aromatic rings. The summed E-state index contributed by atoms with van der Waals surface area (Å²) in [4.78, 5) is 9.48. The van der Waals surface area contributed by atoms with Crippen LogP contribution in [0.25, 0.3) is 33.2 Å². The fourth-order valence-electron chi connectivity index (χ4n) is 5.71. The van der Waals surface area contributed by atoms with Crippen molar-refractivity contribution in [3.8, 4) is 17.1 Å². The molecule has 1 atom stereocenters. The van der Waals surface area contributed by atoms with Crippen LogP contribution >= 0.6 is 0 Å². The third kappa shape index (κ3) is 3.64. The van der Waals surface area contributed by atoms with E-state index in [2.05, 4.69) is 20.7 Å². The molecule has 0 radical (unpaired) electrons. The van der Waals surface area contributed by atoms with Crippen LogP contribution in [0.5, 0.6) is 5.88 Å². The van der Waals surface area contributed by atoms with E-state index in [-0.39, 0.29) is 17.8 Å². The Morgan fingerprint density at radius 1 is 1.11 bits per heavy atom. The molecule has 0 N–H and O–H groups in total. The highest BCUT2D eigenvalue weighted by Gasteiger charge is 2.32. The Bertz CT molecular complexity index is 1550. The Labute approximate surface area is 208 Å². The Hall–Kier alpha value is -3.78. The first-order valence-electron chi connectivity index (χ1n) is 12.2. The van der Waals surface area contributed by atoms with Crippen molar-refractivity contribution in [2.75, 3.05) is 20.3 Å². The average molecular weight is 486 g/mol. The molecule has 7 nitrogen and oxygen atoms in total. The Balaban J connectivity index is 1.70. The van der Waals surface area contributed by atoms with E-state index in [1.165, 1.54) is 6.07 Å². The van der Waals surface area contributed by atoms with Gasteiger partial charge in [-0.05, 0) is 61.1 Å². The summed E-state index contributed by atoms with van der Waals surface area (Å²) >= 11 is 0. The second-order valence-corrected chi connectivity index (χ2v) is 9.43. The lowest BCUT2D eigenvalue weighted by atomic mass is 9.86. The number of rotatable bonds is 5. The van der Waals surface area contributed by atoms with Gasteiger partial charge in [-0.1, -0.05) is 12.1 Å². The fourth-order valence-corrected chi connectivity index (χ4v) is 5.71. The zero-order chi connectivity index (χ0) is 24.8. The minimum atomic E-state index is -0.250. The molecule has 0 saturated carbocycles. The van der Waals surface area contributed by atoms with E-state index in [1.807, 2.05) is 43.2 Å². The fraction of sp³-hybridized carbons (Fsp3) is 0.321. The van der Waals surface area contributed by atoms with E-state index >= 15 is 0 Å². The number of benzene rings is 1. The number of ether oxygens (including phenoxy) is 2. The standard InChI is InChI=1S/C28H28FN5O2/c1-17-15-32-33(2)25(17)20-14-23-24(31-16-20)22-7-10-30-28(35-3)27(22)34(23)26(18-8-11-36-12-9-18)19-5-4-6-21(29)13-19/h4-7,10,13-16,18,26H,8-9,11-12H2,1-3H3. The monoisotopic (exact) mass is 485 g/mol. The summed E-state index contributed by atoms with van der Waals surface area (Å²) in [6.07, 6.45) is 7.25. The second-order valence-electron chi connectivity index (χ2n) is 9.43. The molecule has 6 rings (SSSR count). The number of aromatic nitrogens is 5. The minimum absolute atomic E-state index is 0.146. The van der Waals surface area contributed by atoms with Crippen LogP contribution in [0.15, 0.2) is 55.0 Å². The molecule has 1 aromatic carbocycles. The first-order chi connectivity index (χ1) is 17.6. The van der Waals surface area contributed by atoms with Crippen LogP contribution in [0.3, 0.4) is 0 Å². The van der Waals surface area contributed by atoms with Gasteiger partial charge in [0.25, 0.3) is 0 Å². The van der Waals surface area contributed by atoms with E-state index in [1.54, 1.807) is 25.4 Å². The number of nitrogens with zero attached hydrogens (tertiary/aromatic N) is 5. The van der Waals surface area contributed by atoms with Crippen LogP contribution in [-0.2, 0) is 11.8 Å². The van der Waals surface area contributed by atoms with Crippen LogP contribution in [0.4, 0.5) is 4.39 Å². The lowest BCUT2D eigenvalue weighted by Crippen LogP contribution is -2.27. The minimum Gasteiger partial charge on any atom is -0.479 e. The van der Waals surface area contributed by atoms with E-state index in [4.69, 9.17) is 14.5 Å². The quantitative estimate of drug-likeness (QED) is 0.331. The smallest absolute Gasteiger partial charge is 0.238 e. The van der Waals surface area contributed by atoms with Crippen LogP contribution in [-0.4, -0.2) is 44.6 Å². The van der Waals surface area contributed by atoms with Crippen LogP contribution in [0.1, 0.15) is 30.0 Å². The molecule has 36 heavy (non-hydrogen) atoms. The molecule has 1 aliphatic heterocycles. The van der Waals surface area contributed by atoms with Crippen molar-refractivity contribution in [2.24, 2.45) is 13.0 Å². The molecule has 0 aliphatic carbocycles. The van der Waals surface area contributed by atoms with Gasteiger partial charge in [-0.15, -0.1) is 0 Å². The third-order valence-electron chi connectivity index (χ3n) is 7.28. The van der Waals surface area contributed by atoms with Crippen molar-refractivity contribution in [3.05, 3.63) is 71.9 Å². The van der Waals surface area contributed by atoms with Crippen LogP contribution < -0.4 is 4.74 Å². The van der Waals surface area contributed by atoms with Crippen molar-refractivity contribution in [2.45, 2.75) is 25.8 Å². The summed E-state index contributed by atoms with van der Waals surface area (Å²) in [5.74, 6) is 0.517. The van der Waals surface area contributed by atoms with E-state index in [0.717, 1.165) is 57.2 Å². The molecule has 4 aromatic heterocycles. The van der Waals surface area contributed by atoms with Crippen LogP contribution in [0.2, 0.25) is 0 Å². The van der Waals surface area contributed by atoms with Crippen LogP contribution in [0, 0.1) is 18.7 Å². The molecule has 8 heteroatoms. The van der Waals surface area contributed by atoms with E-state index < -0.39 is 0 Å². The maximum Gasteiger partial charge on any atom is 0.238 e. The van der Waals surface area contributed by atoms with Gasteiger partial charge in [-0.3, -0.25) is 9.67 Å². The van der Waals surface area contributed by atoms with Gasteiger partial charge < -0.3 is 14.0 Å². The molecular formula is C28H28FN5O2. The average Bonchev–Trinajstić information content (AvgIpc) is 3.41. The molecule has 0 amide bonds. The number of hydrogen-bond acceptors (Lipinski definition) is 5. The Morgan fingerprint density at radius 2 is 1.94 bits per heavy atom. The number of aryl methyl sites for hydroxylation is 2. The normalized spacial score (nSPS) is 15.6.